The van der Waals surface area contributed by atoms with E-state index in [0.717, 1.165) is 23.3 Å². The maximum absolute atomic E-state index is 12.8. The van der Waals surface area contributed by atoms with Gasteiger partial charge in [0.2, 0.25) is 0 Å². The summed E-state index contributed by atoms with van der Waals surface area (Å²) < 4.78 is 39.5. The van der Waals surface area contributed by atoms with Crippen LogP contribution >= 0.6 is 15.9 Å². The monoisotopic (exact) mass is 770 g/mol. The zero-order chi connectivity index (χ0) is 37.4. The molecule has 0 aliphatic heterocycles. The Morgan fingerprint density at radius 1 is 0.569 bits per heavy atom. The molecule has 0 aliphatic rings. The van der Waals surface area contributed by atoms with Crippen molar-refractivity contribution in [3.8, 4) is 0 Å². The number of carboxylic acid groups (broad SMARTS) is 1. The van der Waals surface area contributed by atoms with E-state index in [1.807, 2.05) is 48.5 Å². The van der Waals surface area contributed by atoms with Crippen molar-refractivity contribution < 1.29 is 56.9 Å². The molecule has 2 amide bonds. The number of esters is 1. The lowest BCUT2D eigenvalue weighted by Crippen LogP contribution is -2.31. The molecular formula is C36H33BrF2N2O10. The van der Waals surface area contributed by atoms with E-state index in [-0.39, 0.29) is 35.7 Å². The summed E-state index contributed by atoms with van der Waals surface area (Å²) in [6, 6.07) is 28.5. The van der Waals surface area contributed by atoms with E-state index in [1.54, 1.807) is 12.1 Å². The average Bonchev–Trinajstić information content (AvgIpc) is 3.15. The van der Waals surface area contributed by atoms with Crippen molar-refractivity contribution in [3.05, 3.63) is 143 Å². The normalized spacial score (nSPS) is 9.71. The topological polar surface area (TPSA) is 174 Å². The van der Waals surface area contributed by atoms with E-state index in [4.69, 9.17) is 19.3 Å². The number of alkyl carbamates (subject to hydrolysis) is 2. The van der Waals surface area contributed by atoms with Crippen molar-refractivity contribution in [2.75, 3.05) is 25.0 Å². The summed E-state index contributed by atoms with van der Waals surface area (Å²) in [5.41, 5.74) is 2.42. The van der Waals surface area contributed by atoms with E-state index < -0.39 is 55.4 Å². The molecule has 4 rings (SSSR count). The van der Waals surface area contributed by atoms with Crippen molar-refractivity contribution in [2.45, 2.75) is 13.2 Å². The Morgan fingerprint density at radius 3 is 1.39 bits per heavy atom. The van der Waals surface area contributed by atoms with Crippen LogP contribution in [0.1, 0.15) is 31.8 Å². The van der Waals surface area contributed by atoms with E-state index in [1.165, 1.54) is 36.4 Å². The molecule has 0 aromatic heterocycles. The summed E-state index contributed by atoms with van der Waals surface area (Å²) in [6.45, 7) is -1.15. The lowest BCUT2D eigenvalue weighted by molar-refractivity contribution is -0.141. The lowest BCUT2D eigenvalue weighted by Gasteiger charge is -2.07. The molecule has 12 nitrogen and oxygen atoms in total. The first-order valence-corrected chi connectivity index (χ1v) is 16.0. The molecule has 0 heterocycles. The van der Waals surface area contributed by atoms with Gasteiger partial charge in [0.1, 0.15) is 37.9 Å². The van der Waals surface area contributed by atoms with Crippen LogP contribution in [0.4, 0.5) is 18.4 Å². The highest BCUT2D eigenvalue weighted by molar-refractivity contribution is 9.09. The summed E-state index contributed by atoms with van der Waals surface area (Å²) in [5.74, 6) is -3.19. The van der Waals surface area contributed by atoms with E-state index >= 15 is 0 Å². The number of carbonyl (C=O) groups is 6. The molecule has 4 aromatic carbocycles. The summed E-state index contributed by atoms with van der Waals surface area (Å²) in [5, 5.41) is 12.9. The van der Waals surface area contributed by atoms with Gasteiger partial charge >= 0.3 is 24.1 Å². The van der Waals surface area contributed by atoms with Gasteiger partial charge in [-0.3, -0.25) is 19.2 Å². The largest absolute Gasteiger partial charge is 0.480 e. The Labute approximate surface area is 299 Å². The SMILES string of the molecule is O=C(CBr)c1ccc(F)cc1.O=C(CNC(=O)OCc1ccccc1)OCC(=O)c1ccc(F)cc1.O=C(O)CNC(=O)OCc1ccccc1. The summed E-state index contributed by atoms with van der Waals surface area (Å²) in [4.78, 5) is 66.7. The minimum absolute atomic E-state index is 0.0370. The molecule has 0 bridgehead atoms. The molecule has 3 N–H and O–H groups in total. The Balaban J connectivity index is 0.000000293. The van der Waals surface area contributed by atoms with Crippen LogP contribution in [0.25, 0.3) is 0 Å². The summed E-state index contributed by atoms with van der Waals surface area (Å²) >= 11 is 3.03. The van der Waals surface area contributed by atoms with E-state index in [2.05, 4.69) is 26.6 Å². The summed E-state index contributed by atoms with van der Waals surface area (Å²) in [7, 11) is 0. The number of ketones is 2. The maximum Gasteiger partial charge on any atom is 0.407 e. The zero-order valence-corrected chi connectivity index (χ0v) is 28.5. The second kappa shape index (κ2) is 23.4. The second-order valence-electron chi connectivity index (χ2n) is 9.88. The van der Waals surface area contributed by atoms with Gasteiger partial charge in [-0.15, -0.1) is 0 Å². The number of alkyl halides is 1. The number of aliphatic carboxylic acids is 1. The fourth-order valence-electron chi connectivity index (χ4n) is 3.47. The Hall–Kier alpha value is -5.96. The van der Waals surface area contributed by atoms with Crippen LogP contribution < -0.4 is 10.6 Å². The van der Waals surface area contributed by atoms with Gasteiger partial charge in [0.15, 0.2) is 18.2 Å². The number of halogens is 3. The standard InChI is InChI=1S/C18H16FNO5.C10H11NO4.C8H6BrFO/c19-15-8-6-14(7-9-15)16(21)12-24-17(22)10-20-18(23)25-11-13-4-2-1-3-5-13;12-9(13)6-11-10(14)15-7-8-4-2-1-3-5-8;9-5-8(11)6-1-3-7(10)4-2-6/h1-9H,10-12H2,(H,20,23);1-5H,6-7H2,(H,11,14)(H,12,13);1-4H,5H2. The van der Waals surface area contributed by atoms with Crippen molar-refractivity contribution in [2.24, 2.45) is 0 Å². The molecule has 0 fully saturated rings. The lowest BCUT2D eigenvalue weighted by atomic mass is 10.1. The predicted molar refractivity (Wildman–Crippen MR) is 183 cm³/mol. The Bertz CT molecular complexity index is 1710. The molecular weight excluding hydrogens is 738 g/mol. The number of carbonyl (C=O) groups excluding carboxylic acids is 5. The molecule has 268 valence electrons. The van der Waals surface area contributed by atoms with Gasteiger partial charge in [-0.1, -0.05) is 76.6 Å². The first-order chi connectivity index (χ1) is 24.5. The van der Waals surface area contributed by atoms with Crippen LogP contribution in [-0.2, 0) is 37.0 Å². The van der Waals surface area contributed by atoms with Gasteiger partial charge in [0, 0.05) is 11.1 Å². The highest BCUT2D eigenvalue weighted by Crippen LogP contribution is 2.06. The third-order valence-electron chi connectivity index (χ3n) is 6.00. The highest BCUT2D eigenvalue weighted by Gasteiger charge is 2.12. The van der Waals surface area contributed by atoms with Crippen LogP contribution in [0.2, 0.25) is 0 Å². The number of carboxylic acids is 1. The average molecular weight is 772 g/mol. The highest BCUT2D eigenvalue weighted by atomic mass is 79.9. The zero-order valence-electron chi connectivity index (χ0n) is 26.9. The van der Waals surface area contributed by atoms with E-state index in [0.29, 0.717) is 5.56 Å². The number of nitrogens with one attached hydrogen (secondary N) is 2. The number of Topliss-reactive ketones (excluding diaryl/α,β-unsaturated/α-hetero) is 2. The number of amides is 2. The Kier molecular flexibility index (Phi) is 18.9. The van der Waals surface area contributed by atoms with Crippen molar-refractivity contribution >= 4 is 51.6 Å². The molecule has 0 unspecified atom stereocenters. The number of hydrogen-bond donors (Lipinski definition) is 3. The molecule has 0 atom stereocenters. The van der Waals surface area contributed by atoms with Gasteiger partial charge < -0.3 is 30.0 Å². The third-order valence-corrected chi connectivity index (χ3v) is 6.51. The number of ether oxygens (including phenoxy) is 3. The van der Waals surface area contributed by atoms with Gasteiger partial charge in [-0.2, -0.15) is 0 Å². The molecule has 4 aromatic rings. The first kappa shape index (κ1) is 41.2. The Morgan fingerprint density at radius 2 is 0.980 bits per heavy atom. The van der Waals surface area contributed by atoms with Crippen molar-refractivity contribution in [1.82, 2.24) is 10.6 Å². The molecule has 15 heteroatoms. The van der Waals surface area contributed by atoms with Crippen LogP contribution in [-0.4, -0.2) is 65.8 Å². The first-order valence-electron chi connectivity index (χ1n) is 14.9. The van der Waals surface area contributed by atoms with Gasteiger partial charge in [-0.25, -0.2) is 18.4 Å². The van der Waals surface area contributed by atoms with Gasteiger partial charge in [-0.05, 0) is 59.7 Å². The van der Waals surface area contributed by atoms with Crippen LogP contribution in [0, 0.1) is 11.6 Å². The maximum atomic E-state index is 12.8. The second-order valence-corrected chi connectivity index (χ2v) is 10.4. The predicted octanol–water partition coefficient (Wildman–Crippen LogP) is 5.88. The van der Waals surface area contributed by atoms with Crippen LogP contribution in [0.15, 0.2) is 109 Å². The number of rotatable bonds is 13. The molecule has 51 heavy (non-hydrogen) atoms. The minimum Gasteiger partial charge on any atom is -0.480 e. The fourth-order valence-corrected chi connectivity index (χ4v) is 3.79. The molecule has 0 radical (unpaired) electrons. The van der Waals surface area contributed by atoms with Crippen LogP contribution in [0.3, 0.4) is 0 Å². The number of hydrogen-bond acceptors (Lipinski definition) is 9. The minimum atomic E-state index is -1.10. The van der Waals surface area contributed by atoms with Crippen molar-refractivity contribution in [3.63, 3.8) is 0 Å². The molecule has 0 saturated carbocycles. The van der Waals surface area contributed by atoms with Gasteiger partial charge in [0.05, 0.1) is 5.33 Å². The van der Waals surface area contributed by atoms with E-state index in [9.17, 15) is 37.5 Å². The summed E-state index contributed by atoms with van der Waals surface area (Å²) in [6.07, 6.45) is -1.51. The quantitative estimate of drug-likeness (QED) is 0.0645. The van der Waals surface area contributed by atoms with Crippen LogP contribution in [0.5, 0.6) is 0 Å². The number of benzene rings is 4. The van der Waals surface area contributed by atoms with Crippen molar-refractivity contribution in [1.29, 1.82) is 0 Å². The molecule has 0 aliphatic carbocycles. The smallest absolute Gasteiger partial charge is 0.407 e. The van der Waals surface area contributed by atoms with Gasteiger partial charge in [0.25, 0.3) is 0 Å². The molecule has 0 spiro atoms. The third kappa shape index (κ3) is 18.4. The molecule has 0 saturated heterocycles. The fraction of sp³-hybridized carbons (Fsp3) is 0.167.